The number of fused-ring (bicyclic) bond motifs is 2. The van der Waals surface area contributed by atoms with E-state index in [9.17, 15) is 18.8 Å². The number of piperidine rings is 1. The van der Waals surface area contributed by atoms with Crippen LogP contribution in [0.4, 0.5) is 4.39 Å². The Morgan fingerprint density at radius 2 is 1.94 bits per heavy atom. The molecule has 2 saturated heterocycles. The molecule has 33 heavy (non-hydrogen) atoms. The number of carbonyl (C=O) groups is 3. The van der Waals surface area contributed by atoms with Gasteiger partial charge in [0.1, 0.15) is 11.9 Å². The van der Waals surface area contributed by atoms with Gasteiger partial charge in [0.05, 0.1) is 23.4 Å². The second kappa shape index (κ2) is 7.48. The number of hydrogen-bond acceptors (Lipinski definition) is 5. The molecule has 168 valence electrons. The van der Waals surface area contributed by atoms with Crippen molar-refractivity contribution in [2.24, 2.45) is 0 Å². The van der Waals surface area contributed by atoms with E-state index in [1.165, 1.54) is 12.1 Å². The second-order valence-electron chi connectivity index (χ2n) is 9.02. The molecule has 0 radical (unpaired) electrons. The molecule has 0 bridgehead atoms. The molecule has 0 aliphatic carbocycles. The van der Waals surface area contributed by atoms with Crippen LogP contribution in [-0.4, -0.2) is 56.2 Å². The van der Waals surface area contributed by atoms with Crippen LogP contribution in [0.5, 0.6) is 0 Å². The molecule has 2 fully saturated rings. The number of amides is 3. The van der Waals surface area contributed by atoms with Gasteiger partial charge in [0, 0.05) is 44.2 Å². The molecule has 1 unspecified atom stereocenters. The van der Waals surface area contributed by atoms with Gasteiger partial charge >= 0.3 is 0 Å². The fourth-order valence-electron chi connectivity index (χ4n) is 5.13. The van der Waals surface area contributed by atoms with Crippen molar-refractivity contribution in [3.63, 3.8) is 0 Å². The molecule has 9 heteroatoms. The third-order valence-corrected chi connectivity index (χ3v) is 6.86. The van der Waals surface area contributed by atoms with Crippen LogP contribution in [0, 0.1) is 5.82 Å². The standard InChI is InChI=1S/C24H22FN5O3/c25-16-2-4-20-19(8-16)26-13-30(20)17-11-28(12-17)9-14-1-3-18-15(7-14)10-29(24(18)33)21-5-6-22(31)27-23(21)32/h1-4,7-8,13,17,21H,5-6,9-12H2,(H,27,31,32). The number of carbonyl (C=O) groups excluding carboxylic acids is 3. The first-order valence-corrected chi connectivity index (χ1v) is 11.1. The molecule has 4 heterocycles. The Bertz CT molecular complexity index is 1310. The van der Waals surface area contributed by atoms with Crippen molar-refractivity contribution in [3.8, 4) is 0 Å². The van der Waals surface area contributed by atoms with Crippen molar-refractivity contribution in [1.29, 1.82) is 0 Å². The molecule has 1 N–H and O–H groups in total. The Morgan fingerprint density at radius 1 is 1.09 bits per heavy atom. The van der Waals surface area contributed by atoms with Gasteiger partial charge in [-0.15, -0.1) is 0 Å². The summed E-state index contributed by atoms with van der Waals surface area (Å²) in [6, 6.07) is 10.2. The monoisotopic (exact) mass is 447 g/mol. The molecular formula is C24H22FN5O3. The van der Waals surface area contributed by atoms with Crippen LogP contribution >= 0.6 is 0 Å². The van der Waals surface area contributed by atoms with Crippen molar-refractivity contribution >= 4 is 28.8 Å². The van der Waals surface area contributed by atoms with E-state index in [0.717, 1.165) is 36.3 Å². The van der Waals surface area contributed by atoms with Crippen molar-refractivity contribution in [2.75, 3.05) is 13.1 Å². The molecule has 8 nitrogen and oxygen atoms in total. The van der Waals surface area contributed by atoms with E-state index in [1.807, 2.05) is 18.2 Å². The van der Waals surface area contributed by atoms with E-state index in [1.54, 1.807) is 17.3 Å². The van der Waals surface area contributed by atoms with E-state index in [0.29, 0.717) is 30.1 Å². The Balaban J connectivity index is 1.12. The number of likely N-dealkylation sites (tertiary alicyclic amines) is 1. The number of benzene rings is 2. The zero-order valence-corrected chi connectivity index (χ0v) is 17.8. The lowest BCUT2D eigenvalue weighted by atomic mass is 10.0. The van der Waals surface area contributed by atoms with Gasteiger partial charge in [-0.1, -0.05) is 12.1 Å². The van der Waals surface area contributed by atoms with E-state index >= 15 is 0 Å². The molecule has 6 rings (SSSR count). The number of nitrogens with zero attached hydrogens (tertiary/aromatic N) is 4. The molecule has 0 spiro atoms. The van der Waals surface area contributed by atoms with Gasteiger partial charge in [-0.05, 0) is 35.7 Å². The largest absolute Gasteiger partial charge is 0.325 e. The third kappa shape index (κ3) is 3.39. The summed E-state index contributed by atoms with van der Waals surface area (Å²) in [5.74, 6) is -1.12. The molecule has 2 aromatic carbocycles. The van der Waals surface area contributed by atoms with Gasteiger partial charge in [0.25, 0.3) is 5.91 Å². The summed E-state index contributed by atoms with van der Waals surface area (Å²) < 4.78 is 15.5. The quantitative estimate of drug-likeness (QED) is 0.618. The van der Waals surface area contributed by atoms with E-state index < -0.39 is 11.9 Å². The highest BCUT2D eigenvalue weighted by atomic mass is 19.1. The number of imide groups is 1. The number of rotatable bonds is 4. The van der Waals surface area contributed by atoms with Crippen LogP contribution in [0.1, 0.15) is 40.4 Å². The molecule has 0 saturated carbocycles. The first-order chi connectivity index (χ1) is 16.0. The highest BCUT2D eigenvalue weighted by Crippen LogP contribution is 2.31. The minimum absolute atomic E-state index is 0.154. The van der Waals surface area contributed by atoms with Crippen LogP contribution < -0.4 is 5.32 Å². The molecule has 3 aromatic rings. The number of halogens is 1. The van der Waals surface area contributed by atoms with Gasteiger partial charge in [-0.2, -0.15) is 0 Å². The predicted molar refractivity (Wildman–Crippen MR) is 116 cm³/mol. The maximum absolute atomic E-state index is 13.4. The Kier molecular flexibility index (Phi) is 4.55. The van der Waals surface area contributed by atoms with E-state index in [4.69, 9.17) is 0 Å². The number of imidazole rings is 1. The van der Waals surface area contributed by atoms with Crippen LogP contribution in [0.15, 0.2) is 42.7 Å². The molecule has 1 atom stereocenters. The lowest BCUT2D eigenvalue weighted by Gasteiger charge is -2.40. The maximum atomic E-state index is 13.4. The third-order valence-electron chi connectivity index (χ3n) is 6.86. The lowest BCUT2D eigenvalue weighted by molar-refractivity contribution is -0.136. The Hall–Kier alpha value is -3.59. The first-order valence-electron chi connectivity index (χ1n) is 11.1. The minimum atomic E-state index is -0.597. The van der Waals surface area contributed by atoms with Crippen molar-refractivity contribution < 1.29 is 18.8 Å². The van der Waals surface area contributed by atoms with Gasteiger partial charge in [0.2, 0.25) is 11.8 Å². The van der Waals surface area contributed by atoms with Crippen molar-refractivity contribution in [3.05, 3.63) is 65.2 Å². The van der Waals surface area contributed by atoms with E-state index in [-0.39, 0.29) is 24.1 Å². The Labute approximate surface area is 189 Å². The normalized spacial score (nSPS) is 21.4. The highest BCUT2D eigenvalue weighted by molar-refractivity contribution is 6.05. The number of nitrogens with one attached hydrogen (secondary N) is 1. The van der Waals surface area contributed by atoms with Crippen molar-refractivity contribution in [2.45, 2.75) is 38.0 Å². The summed E-state index contributed by atoms with van der Waals surface area (Å²) in [6.07, 6.45) is 2.39. The fourth-order valence-corrected chi connectivity index (χ4v) is 5.13. The molecule has 3 aliphatic rings. The smallest absolute Gasteiger partial charge is 0.255 e. The number of hydrogen-bond donors (Lipinski definition) is 1. The topological polar surface area (TPSA) is 87.5 Å². The first kappa shape index (κ1) is 20.0. The van der Waals surface area contributed by atoms with E-state index in [2.05, 4.69) is 19.8 Å². The maximum Gasteiger partial charge on any atom is 0.255 e. The zero-order valence-electron chi connectivity index (χ0n) is 17.8. The van der Waals surface area contributed by atoms with Crippen LogP contribution in [0.3, 0.4) is 0 Å². The summed E-state index contributed by atoms with van der Waals surface area (Å²) in [6.45, 7) is 2.87. The summed E-state index contributed by atoms with van der Waals surface area (Å²) in [7, 11) is 0. The summed E-state index contributed by atoms with van der Waals surface area (Å²) in [4.78, 5) is 44.7. The summed E-state index contributed by atoms with van der Waals surface area (Å²) in [5, 5.41) is 2.33. The zero-order chi connectivity index (χ0) is 22.7. The molecule has 3 aliphatic heterocycles. The Morgan fingerprint density at radius 3 is 2.76 bits per heavy atom. The van der Waals surface area contributed by atoms with Crippen LogP contribution in [-0.2, 0) is 22.7 Å². The van der Waals surface area contributed by atoms with Gasteiger partial charge in [-0.3, -0.25) is 24.6 Å². The average molecular weight is 447 g/mol. The van der Waals surface area contributed by atoms with Crippen LogP contribution in [0.2, 0.25) is 0 Å². The lowest BCUT2D eigenvalue weighted by Crippen LogP contribution is -2.52. The molecular weight excluding hydrogens is 425 g/mol. The average Bonchev–Trinajstić information content (AvgIpc) is 3.31. The molecule has 3 amide bonds. The van der Waals surface area contributed by atoms with Gasteiger partial charge in [0.15, 0.2) is 0 Å². The van der Waals surface area contributed by atoms with Gasteiger partial charge in [-0.25, -0.2) is 9.37 Å². The number of aromatic nitrogens is 2. The predicted octanol–water partition coefficient (Wildman–Crippen LogP) is 1.99. The van der Waals surface area contributed by atoms with Gasteiger partial charge < -0.3 is 9.47 Å². The van der Waals surface area contributed by atoms with Crippen LogP contribution in [0.25, 0.3) is 11.0 Å². The fraction of sp³-hybridized carbons (Fsp3) is 0.333. The highest BCUT2D eigenvalue weighted by Gasteiger charge is 2.39. The summed E-state index contributed by atoms with van der Waals surface area (Å²) in [5.41, 5.74) is 4.26. The summed E-state index contributed by atoms with van der Waals surface area (Å²) >= 11 is 0. The second-order valence-corrected chi connectivity index (χ2v) is 9.02. The van der Waals surface area contributed by atoms with Crippen molar-refractivity contribution in [1.82, 2.24) is 24.7 Å². The minimum Gasteiger partial charge on any atom is -0.325 e. The SMILES string of the molecule is O=C1CCC(N2Cc3cc(CN4CC(n5cnc6cc(F)ccc65)C4)ccc3C2=O)C(=O)N1. The molecule has 1 aromatic heterocycles.